The van der Waals surface area contributed by atoms with Crippen LogP contribution >= 0.6 is 11.3 Å². The van der Waals surface area contributed by atoms with Crippen LogP contribution in [-0.2, 0) is 4.79 Å². The molecule has 0 unspecified atom stereocenters. The number of hydrogen-bond acceptors (Lipinski definition) is 5. The molecule has 0 bridgehead atoms. The molecule has 130 valence electrons. The maximum atomic E-state index is 13.5. The fraction of sp³-hybridized carbons (Fsp3) is 0.278. The Morgan fingerprint density at radius 1 is 1.48 bits per heavy atom. The number of fused-ring (bicyclic) bond motifs is 1. The molecule has 0 fully saturated rings. The van der Waals surface area contributed by atoms with Crippen LogP contribution in [-0.4, -0.2) is 29.8 Å². The van der Waals surface area contributed by atoms with Crippen LogP contribution in [0.25, 0.3) is 6.08 Å². The molecule has 5 nitrogen and oxygen atoms in total. The molecule has 0 aliphatic carbocycles. The number of ketones is 1. The second-order valence-corrected chi connectivity index (χ2v) is 6.39. The van der Waals surface area contributed by atoms with Crippen LogP contribution in [0.1, 0.15) is 36.3 Å². The summed E-state index contributed by atoms with van der Waals surface area (Å²) in [6.45, 7) is 4.22. The summed E-state index contributed by atoms with van der Waals surface area (Å²) in [5, 5.41) is 2.38. The van der Waals surface area contributed by atoms with Gasteiger partial charge in [0.15, 0.2) is 10.9 Å². The highest BCUT2D eigenvalue weighted by Gasteiger charge is 2.22. The predicted molar refractivity (Wildman–Crippen MR) is 94.6 cm³/mol. The Morgan fingerprint density at radius 2 is 2.28 bits per heavy atom. The van der Waals surface area contributed by atoms with Crippen molar-refractivity contribution in [3.8, 4) is 5.75 Å². The zero-order valence-electron chi connectivity index (χ0n) is 13.9. The lowest BCUT2D eigenvalue weighted by Gasteiger charge is -2.14. The first-order valence-corrected chi connectivity index (χ1v) is 8.78. The van der Waals surface area contributed by atoms with E-state index in [1.54, 1.807) is 16.4 Å². The standard InChI is InChI=1S/C18H17FN2O3S/c1-3-21(11(2)22)18-20-14(10-25-18)8-12-6-7-24-16-5-4-13(19)9-15(16)17(12)23/h4-5,8-10H,3,6-7H2,1-2H3. The van der Waals surface area contributed by atoms with Crippen LogP contribution in [0.4, 0.5) is 9.52 Å². The number of rotatable bonds is 3. The van der Waals surface area contributed by atoms with Crippen LogP contribution in [0, 0.1) is 5.82 Å². The van der Waals surface area contributed by atoms with E-state index in [1.807, 2.05) is 6.92 Å². The molecule has 0 spiro atoms. The molecule has 7 heteroatoms. The predicted octanol–water partition coefficient (Wildman–Crippen LogP) is 3.70. The summed E-state index contributed by atoms with van der Waals surface area (Å²) in [7, 11) is 0. The summed E-state index contributed by atoms with van der Waals surface area (Å²) >= 11 is 1.34. The van der Waals surface area contributed by atoms with E-state index < -0.39 is 5.82 Å². The number of benzene rings is 1. The Morgan fingerprint density at radius 3 is 3.00 bits per heavy atom. The van der Waals surface area contributed by atoms with Crippen molar-refractivity contribution < 1.29 is 18.7 Å². The number of aromatic nitrogens is 1. The Hall–Kier alpha value is -2.54. The molecule has 0 atom stereocenters. The number of Topliss-reactive ketones (excluding diaryl/α,β-unsaturated/α-hetero) is 1. The second kappa shape index (κ2) is 7.14. The van der Waals surface area contributed by atoms with E-state index >= 15 is 0 Å². The molecule has 0 saturated heterocycles. The molecule has 0 N–H and O–H groups in total. The number of carbonyl (C=O) groups is 2. The van der Waals surface area contributed by atoms with Gasteiger partial charge in [-0.25, -0.2) is 9.37 Å². The zero-order valence-corrected chi connectivity index (χ0v) is 14.7. The van der Waals surface area contributed by atoms with Crippen molar-refractivity contribution in [2.24, 2.45) is 0 Å². The van der Waals surface area contributed by atoms with Gasteiger partial charge in [-0.05, 0) is 31.2 Å². The number of anilines is 1. The van der Waals surface area contributed by atoms with Gasteiger partial charge < -0.3 is 4.74 Å². The number of amides is 1. The first kappa shape index (κ1) is 17.3. The molecule has 25 heavy (non-hydrogen) atoms. The number of ether oxygens (including phenoxy) is 1. The van der Waals surface area contributed by atoms with E-state index in [1.165, 1.54) is 36.5 Å². The molecular formula is C18H17FN2O3S. The summed E-state index contributed by atoms with van der Waals surface area (Å²) in [5.41, 5.74) is 1.33. The fourth-order valence-electron chi connectivity index (χ4n) is 2.64. The summed E-state index contributed by atoms with van der Waals surface area (Å²) in [6, 6.07) is 3.94. The van der Waals surface area contributed by atoms with Crippen LogP contribution in [0.3, 0.4) is 0 Å². The van der Waals surface area contributed by atoms with E-state index in [4.69, 9.17) is 4.74 Å². The van der Waals surface area contributed by atoms with Crippen molar-refractivity contribution in [3.05, 3.63) is 46.2 Å². The molecule has 1 aliphatic heterocycles. The van der Waals surface area contributed by atoms with Crippen molar-refractivity contribution in [1.29, 1.82) is 0 Å². The number of thiazole rings is 1. The highest BCUT2D eigenvalue weighted by Crippen LogP contribution is 2.29. The number of halogens is 1. The van der Waals surface area contributed by atoms with E-state index in [9.17, 15) is 14.0 Å². The second-order valence-electron chi connectivity index (χ2n) is 5.56. The molecular weight excluding hydrogens is 343 g/mol. The van der Waals surface area contributed by atoms with Gasteiger partial charge in [0.2, 0.25) is 5.91 Å². The van der Waals surface area contributed by atoms with Crippen LogP contribution in [0.2, 0.25) is 0 Å². The SMILES string of the molecule is CCN(C(C)=O)c1nc(C=C2CCOc3ccc(F)cc3C2=O)cs1. The van der Waals surface area contributed by atoms with E-state index in [0.29, 0.717) is 41.7 Å². The minimum atomic E-state index is -0.479. The van der Waals surface area contributed by atoms with Gasteiger partial charge >= 0.3 is 0 Å². The summed E-state index contributed by atoms with van der Waals surface area (Å²) in [5.74, 6) is -0.435. The van der Waals surface area contributed by atoms with Crippen LogP contribution in [0.15, 0.2) is 29.2 Å². The minimum absolute atomic E-state index is 0.0839. The lowest BCUT2D eigenvalue weighted by molar-refractivity contribution is -0.116. The molecule has 2 aromatic rings. The summed E-state index contributed by atoms with van der Waals surface area (Å²) in [6.07, 6.45) is 2.09. The van der Waals surface area contributed by atoms with E-state index in [-0.39, 0.29) is 17.3 Å². The molecule has 1 aromatic carbocycles. The average molecular weight is 360 g/mol. The third-order valence-electron chi connectivity index (χ3n) is 3.87. The monoisotopic (exact) mass is 360 g/mol. The summed E-state index contributed by atoms with van der Waals surface area (Å²) in [4.78, 5) is 30.3. The third-order valence-corrected chi connectivity index (χ3v) is 4.75. The average Bonchev–Trinajstić information content (AvgIpc) is 2.97. The highest BCUT2D eigenvalue weighted by atomic mass is 32.1. The summed E-state index contributed by atoms with van der Waals surface area (Å²) < 4.78 is 19.0. The quantitative estimate of drug-likeness (QED) is 0.783. The van der Waals surface area contributed by atoms with Gasteiger partial charge in [-0.15, -0.1) is 11.3 Å². The zero-order chi connectivity index (χ0) is 18.0. The van der Waals surface area contributed by atoms with Crippen molar-refractivity contribution in [2.75, 3.05) is 18.1 Å². The van der Waals surface area contributed by atoms with Crippen molar-refractivity contribution in [2.45, 2.75) is 20.3 Å². The van der Waals surface area contributed by atoms with Gasteiger partial charge in [-0.3, -0.25) is 14.5 Å². The van der Waals surface area contributed by atoms with Crippen LogP contribution < -0.4 is 9.64 Å². The Labute approximate surface area is 148 Å². The lowest BCUT2D eigenvalue weighted by Crippen LogP contribution is -2.27. The largest absolute Gasteiger partial charge is 0.492 e. The van der Waals surface area contributed by atoms with E-state index in [2.05, 4.69) is 4.98 Å². The molecule has 2 heterocycles. The topological polar surface area (TPSA) is 59.5 Å². The Bertz CT molecular complexity index is 860. The first-order chi connectivity index (χ1) is 12.0. The van der Waals surface area contributed by atoms with Gasteiger partial charge in [-0.1, -0.05) is 0 Å². The maximum Gasteiger partial charge on any atom is 0.225 e. The minimum Gasteiger partial charge on any atom is -0.492 e. The maximum absolute atomic E-state index is 13.5. The molecule has 0 saturated carbocycles. The molecule has 0 radical (unpaired) electrons. The Kier molecular flexibility index (Phi) is 4.94. The molecule has 3 rings (SSSR count). The fourth-order valence-corrected chi connectivity index (χ4v) is 3.53. The lowest BCUT2D eigenvalue weighted by atomic mass is 10.0. The van der Waals surface area contributed by atoms with Gasteiger partial charge in [0, 0.05) is 30.8 Å². The van der Waals surface area contributed by atoms with Gasteiger partial charge in [0.25, 0.3) is 0 Å². The number of nitrogens with zero attached hydrogens (tertiary/aromatic N) is 2. The van der Waals surface area contributed by atoms with Gasteiger partial charge in [-0.2, -0.15) is 0 Å². The normalized spacial score (nSPS) is 15.5. The van der Waals surface area contributed by atoms with Gasteiger partial charge in [0.05, 0.1) is 17.9 Å². The third kappa shape index (κ3) is 3.61. The number of carbonyl (C=O) groups excluding carboxylic acids is 2. The number of hydrogen-bond donors (Lipinski definition) is 0. The van der Waals surface area contributed by atoms with E-state index in [0.717, 1.165) is 0 Å². The molecule has 1 aliphatic rings. The van der Waals surface area contributed by atoms with Crippen molar-refractivity contribution in [1.82, 2.24) is 4.98 Å². The van der Waals surface area contributed by atoms with Crippen LogP contribution in [0.5, 0.6) is 5.75 Å². The van der Waals surface area contributed by atoms with Crippen molar-refractivity contribution in [3.63, 3.8) is 0 Å². The van der Waals surface area contributed by atoms with Gasteiger partial charge in [0.1, 0.15) is 11.6 Å². The Balaban J connectivity index is 1.92. The highest BCUT2D eigenvalue weighted by molar-refractivity contribution is 7.14. The van der Waals surface area contributed by atoms with Crippen molar-refractivity contribution >= 4 is 34.2 Å². The first-order valence-electron chi connectivity index (χ1n) is 7.91. The smallest absolute Gasteiger partial charge is 0.225 e. The molecule has 1 aromatic heterocycles. The molecule has 1 amide bonds.